The summed E-state index contributed by atoms with van der Waals surface area (Å²) in [6, 6.07) is 8.98. The fourth-order valence-corrected chi connectivity index (χ4v) is 3.37. The first-order chi connectivity index (χ1) is 12.5. The molecule has 1 heterocycles. The van der Waals surface area contributed by atoms with Gasteiger partial charge in [-0.05, 0) is 48.2 Å². The van der Waals surface area contributed by atoms with Crippen molar-refractivity contribution in [1.29, 1.82) is 0 Å². The number of carbonyl (C=O) groups is 1. The van der Waals surface area contributed by atoms with Gasteiger partial charge in [-0.15, -0.1) is 0 Å². The van der Waals surface area contributed by atoms with E-state index in [0.717, 1.165) is 0 Å². The Morgan fingerprint density at radius 2 is 1.92 bits per heavy atom. The van der Waals surface area contributed by atoms with Crippen LogP contribution in [0, 0.1) is 5.82 Å². The van der Waals surface area contributed by atoms with Crippen molar-refractivity contribution >= 4 is 46.2 Å². The van der Waals surface area contributed by atoms with Crippen LogP contribution in [0.2, 0.25) is 5.02 Å². The van der Waals surface area contributed by atoms with E-state index in [0.29, 0.717) is 37.8 Å². The number of ether oxygens (including phenoxy) is 2. The monoisotopic (exact) mass is 392 g/mol. The maximum Gasteiger partial charge on any atom is 0.264 e. The zero-order valence-electron chi connectivity index (χ0n) is 13.9. The number of nitrogens with zero attached hydrogens (tertiary/aromatic N) is 1. The van der Waals surface area contributed by atoms with Gasteiger partial charge in [0.25, 0.3) is 5.91 Å². The number of carbonyl (C=O) groups excluding carboxylic acids is 1. The number of rotatable bonds is 4. The lowest BCUT2D eigenvalue weighted by atomic mass is 10.1. The van der Waals surface area contributed by atoms with Gasteiger partial charge < -0.3 is 14.8 Å². The summed E-state index contributed by atoms with van der Waals surface area (Å²) >= 11 is 7.27. The smallest absolute Gasteiger partial charge is 0.264 e. The van der Waals surface area contributed by atoms with Crippen molar-refractivity contribution in [1.82, 2.24) is 5.32 Å². The molecule has 2 aromatic rings. The third kappa shape index (κ3) is 4.00. The van der Waals surface area contributed by atoms with Crippen molar-refractivity contribution in [3.05, 3.63) is 57.7 Å². The summed E-state index contributed by atoms with van der Waals surface area (Å²) in [5.74, 6) is 0.300. The van der Waals surface area contributed by atoms with Crippen LogP contribution in [0.5, 0.6) is 11.5 Å². The van der Waals surface area contributed by atoms with Gasteiger partial charge in [-0.1, -0.05) is 11.6 Å². The molecular formula is C18H14ClFN2O3S. The first kappa shape index (κ1) is 18.3. The number of methoxy groups -OCH3 is 2. The minimum Gasteiger partial charge on any atom is -0.493 e. The molecule has 0 radical (unpaired) electrons. The first-order valence-electron chi connectivity index (χ1n) is 7.47. The lowest BCUT2D eigenvalue weighted by Crippen LogP contribution is -2.19. The van der Waals surface area contributed by atoms with Gasteiger partial charge >= 0.3 is 0 Å². The molecule has 1 fully saturated rings. The molecule has 0 spiro atoms. The largest absolute Gasteiger partial charge is 0.493 e. The fraction of sp³-hybridized carbons (Fsp3) is 0.111. The third-order valence-corrected chi connectivity index (χ3v) is 4.60. The highest BCUT2D eigenvalue weighted by Gasteiger charge is 2.25. The molecule has 0 saturated carbocycles. The van der Waals surface area contributed by atoms with Crippen molar-refractivity contribution in [3.8, 4) is 11.5 Å². The minimum atomic E-state index is -0.348. The number of halogens is 2. The summed E-state index contributed by atoms with van der Waals surface area (Å²) in [5.41, 5.74) is 1.15. The molecule has 8 heteroatoms. The van der Waals surface area contributed by atoms with Crippen LogP contribution in [-0.4, -0.2) is 25.3 Å². The summed E-state index contributed by atoms with van der Waals surface area (Å²) in [6.07, 6.45) is 1.65. The molecule has 3 rings (SSSR count). The van der Waals surface area contributed by atoms with Gasteiger partial charge in [0.05, 0.1) is 24.8 Å². The number of amides is 1. The summed E-state index contributed by atoms with van der Waals surface area (Å²) in [6.45, 7) is 0. The molecule has 0 aliphatic carbocycles. The number of hydrogen-bond donors (Lipinski definition) is 1. The molecule has 0 atom stereocenters. The quantitative estimate of drug-likeness (QED) is 0.784. The average Bonchev–Trinajstić information content (AvgIpc) is 2.95. The Hall–Kier alpha value is -2.51. The Balaban J connectivity index is 1.92. The van der Waals surface area contributed by atoms with E-state index in [1.54, 1.807) is 18.2 Å². The standard InChI is InChI=1S/C18H14ClFN2O3S/c1-24-14-9-11(19)7-10(16(14)25-2)8-15-17(23)22-18(26-15)21-13-5-3-12(20)4-6-13/h3-9H,1-2H3,(H,21,22,23)/b15-8-. The Kier molecular flexibility index (Phi) is 5.49. The van der Waals surface area contributed by atoms with Crippen molar-refractivity contribution in [2.24, 2.45) is 4.99 Å². The van der Waals surface area contributed by atoms with Crippen molar-refractivity contribution < 1.29 is 18.7 Å². The van der Waals surface area contributed by atoms with Gasteiger partial charge in [0.15, 0.2) is 16.7 Å². The number of nitrogens with one attached hydrogen (secondary N) is 1. The van der Waals surface area contributed by atoms with E-state index in [-0.39, 0.29) is 11.7 Å². The zero-order valence-corrected chi connectivity index (χ0v) is 15.5. The maximum absolute atomic E-state index is 13.0. The molecule has 1 aliphatic rings. The van der Waals surface area contributed by atoms with Crippen LogP contribution in [0.3, 0.4) is 0 Å². The Morgan fingerprint density at radius 3 is 2.58 bits per heavy atom. The zero-order chi connectivity index (χ0) is 18.7. The van der Waals surface area contributed by atoms with Crippen molar-refractivity contribution in [2.75, 3.05) is 14.2 Å². The molecule has 1 N–H and O–H groups in total. The number of aliphatic imine (C=N–C) groups is 1. The van der Waals surface area contributed by atoms with Gasteiger partial charge in [0.1, 0.15) is 5.82 Å². The molecular weight excluding hydrogens is 379 g/mol. The summed E-state index contributed by atoms with van der Waals surface area (Å²) < 4.78 is 23.6. The molecule has 1 amide bonds. The SMILES string of the molecule is COc1cc(Cl)cc(/C=C2\SC(=Nc3ccc(F)cc3)NC2=O)c1OC. The lowest BCUT2D eigenvalue weighted by Gasteiger charge is -2.11. The summed E-state index contributed by atoms with van der Waals surface area (Å²) in [7, 11) is 3.02. The van der Waals surface area contributed by atoms with E-state index in [1.165, 1.54) is 50.2 Å². The Labute approximate surface area is 158 Å². The van der Waals surface area contributed by atoms with E-state index in [1.807, 2.05) is 0 Å². The summed E-state index contributed by atoms with van der Waals surface area (Å²) in [5, 5.41) is 3.54. The summed E-state index contributed by atoms with van der Waals surface area (Å²) in [4.78, 5) is 16.9. The molecule has 134 valence electrons. The second-order valence-electron chi connectivity index (χ2n) is 5.19. The van der Waals surface area contributed by atoms with Crippen LogP contribution in [0.25, 0.3) is 6.08 Å². The highest BCUT2D eigenvalue weighted by Crippen LogP contribution is 2.37. The van der Waals surface area contributed by atoms with Crippen LogP contribution >= 0.6 is 23.4 Å². The van der Waals surface area contributed by atoms with Crippen LogP contribution in [-0.2, 0) is 4.79 Å². The molecule has 0 unspecified atom stereocenters. The molecule has 26 heavy (non-hydrogen) atoms. The van der Waals surface area contributed by atoms with E-state index in [2.05, 4.69) is 10.3 Å². The predicted octanol–water partition coefficient (Wildman–Crippen LogP) is 4.39. The van der Waals surface area contributed by atoms with Crippen LogP contribution in [0.1, 0.15) is 5.56 Å². The topological polar surface area (TPSA) is 59.9 Å². The molecule has 1 saturated heterocycles. The maximum atomic E-state index is 13.0. The third-order valence-electron chi connectivity index (χ3n) is 3.47. The van der Waals surface area contributed by atoms with Gasteiger partial charge in [-0.2, -0.15) is 0 Å². The van der Waals surface area contributed by atoms with E-state index < -0.39 is 0 Å². The predicted molar refractivity (Wildman–Crippen MR) is 102 cm³/mol. The van der Waals surface area contributed by atoms with E-state index in [9.17, 15) is 9.18 Å². The van der Waals surface area contributed by atoms with Crippen LogP contribution in [0.15, 0.2) is 46.3 Å². The molecule has 0 bridgehead atoms. The van der Waals surface area contributed by atoms with Crippen LogP contribution in [0.4, 0.5) is 10.1 Å². The normalized spacial score (nSPS) is 16.8. The fourth-order valence-electron chi connectivity index (χ4n) is 2.32. The lowest BCUT2D eigenvalue weighted by molar-refractivity contribution is -0.115. The minimum absolute atomic E-state index is 0.295. The highest BCUT2D eigenvalue weighted by atomic mass is 35.5. The van der Waals surface area contributed by atoms with Crippen LogP contribution < -0.4 is 14.8 Å². The number of benzene rings is 2. The number of amidine groups is 1. The Morgan fingerprint density at radius 1 is 1.19 bits per heavy atom. The van der Waals surface area contributed by atoms with E-state index in [4.69, 9.17) is 21.1 Å². The second-order valence-corrected chi connectivity index (χ2v) is 6.66. The van der Waals surface area contributed by atoms with E-state index >= 15 is 0 Å². The molecule has 0 aromatic heterocycles. The van der Waals surface area contributed by atoms with Crippen molar-refractivity contribution in [2.45, 2.75) is 0 Å². The second kappa shape index (κ2) is 7.80. The molecule has 2 aromatic carbocycles. The first-order valence-corrected chi connectivity index (χ1v) is 8.66. The van der Waals surface area contributed by atoms with Gasteiger partial charge in [0.2, 0.25) is 0 Å². The van der Waals surface area contributed by atoms with Gasteiger partial charge in [0, 0.05) is 16.7 Å². The molecule has 5 nitrogen and oxygen atoms in total. The average molecular weight is 393 g/mol. The number of thioether (sulfide) groups is 1. The highest BCUT2D eigenvalue weighted by molar-refractivity contribution is 8.18. The van der Waals surface area contributed by atoms with Gasteiger partial charge in [-0.3, -0.25) is 4.79 Å². The molecule has 1 aliphatic heterocycles. The number of hydrogen-bond acceptors (Lipinski definition) is 5. The van der Waals surface area contributed by atoms with Crippen molar-refractivity contribution in [3.63, 3.8) is 0 Å². The van der Waals surface area contributed by atoms with Gasteiger partial charge in [-0.25, -0.2) is 9.38 Å². The Bertz CT molecular complexity index is 913.